The summed E-state index contributed by atoms with van der Waals surface area (Å²) in [6, 6.07) is 16.0. The number of anilines is 1. The number of rotatable bonds is 6. The molecule has 0 saturated carbocycles. The third-order valence-electron chi connectivity index (χ3n) is 7.37. The molecule has 2 aromatic carbocycles. The number of nitrogens with one attached hydrogen (secondary N) is 1. The SMILES string of the molecule is C/C1=C(/C)CC(C)CC(C)(Cc2nc(-c3ccc(F)cc3)cnc2NC(=O)Cc2ccccc2)CC1. The Labute approximate surface area is 214 Å². The van der Waals surface area contributed by atoms with Gasteiger partial charge in [-0.15, -0.1) is 0 Å². The molecule has 1 heterocycles. The predicted octanol–water partition coefficient (Wildman–Crippen LogP) is 7.56. The highest BCUT2D eigenvalue weighted by Crippen LogP contribution is 2.41. The lowest BCUT2D eigenvalue weighted by atomic mass is 9.70. The van der Waals surface area contributed by atoms with Gasteiger partial charge in [-0.3, -0.25) is 4.79 Å². The van der Waals surface area contributed by atoms with Crippen molar-refractivity contribution in [1.29, 1.82) is 0 Å². The molecule has 1 aliphatic rings. The Morgan fingerprint density at radius 1 is 1.08 bits per heavy atom. The van der Waals surface area contributed by atoms with E-state index in [9.17, 15) is 9.18 Å². The van der Waals surface area contributed by atoms with Gasteiger partial charge in [-0.2, -0.15) is 0 Å². The lowest BCUT2D eigenvalue weighted by molar-refractivity contribution is -0.115. The van der Waals surface area contributed by atoms with Gasteiger partial charge in [-0.25, -0.2) is 14.4 Å². The van der Waals surface area contributed by atoms with Crippen molar-refractivity contribution in [2.75, 3.05) is 5.32 Å². The first-order chi connectivity index (χ1) is 17.2. The largest absolute Gasteiger partial charge is 0.309 e. The zero-order chi connectivity index (χ0) is 25.7. The number of amides is 1. The highest BCUT2D eigenvalue weighted by molar-refractivity contribution is 5.92. The summed E-state index contributed by atoms with van der Waals surface area (Å²) in [5, 5.41) is 3.03. The Bertz CT molecular complexity index is 1240. The van der Waals surface area contributed by atoms with E-state index >= 15 is 0 Å². The number of hydrogen-bond acceptors (Lipinski definition) is 3. The van der Waals surface area contributed by atoms with Crippen molar-refractivity contribution in [3.05, 3.63) is 89.0 Å². The maximum Gasteiger partial charge on any atom is 0.229 e. The normalized spacial score (nSPS) is 22.5. The quantitative estimate of drug-likeness (QED) is 0.367. The second-order valence-electron chi connectivity index (χ2n) is 10.8. The third-order valence-corrected chi connectivity index (χ3v) is 7.37. The summed E-state index contributed by atoms with van der Waals surface area (Å²) < 4.78 is 13.5. The summed E-state index contributed by atoms with van der Waals surface area (Å²) in [6.07, 6.45) is 6.97. The summed E-state index contributed by atoms with van der Waals surface area (Å²) in [7, 11) is 0. The van der Waals surface area contributed by atoms with Crippen LogP contribution in [0.4, 0.5) is 10.2 Å². The number of benzene rings is 2. The molecule has 0 spiro atoms. The number of carbonyl (C=O) groups is 1. The van der Waals surface area contributed by atoms with Crippen molar-refractivity contribution < 1.29 is 9.18 Å². The number of hydrogen-bond donors (Lipinski definition) is 1. The van der Waals surface area contributed by atoms with Crippen LogP contribution in [0.25, 0.3) is 11.3 Å². The van der Waals surface area contributed by atoms with Crippen LogP contribution in [0, 0.1) is 17.2 Å². The molecule has 36 heavy (non-hydrogen) atoms. The number of allylic oxidation sites excluding steroid dienone is 2. The lowest BCUT2D eigenvalue weighted by Crippen LogP contribution is -2.27. The highest BCUT2D eigenvalue weighted by atomic mass is 19.1. The minimum atomic E-state index is -0.286. The number of nitrogens with zero attached hydrogens (tertiary/aromatic N) is 2. The predicted molar refractivity (Wildman–Crippen MR) is 144 cm³/mol. The molecule has 1 aromatic heterocycles. The molecule has 2 atom stereocenters. The summed E-state index contributed by atoms with van der Waals surface area (Å²) in [5.74, 6) is 0.680. The fraction of sp³-hybridized carbons (Fsp3) is 0.387. The Morgan fingerprint density at radius 2 is 1.81 bits per heavy atom. The van der Waals surface area contributed by atoms with Gasteiger partial charge in [-0.1, -0.05) is 55.3 Å². The summed E-state index contributed by atoms with van der Waals surface area (Å²) in [4.78, 5) is 22.5. The van der Waals surface area contributed by atoms with Crippen LogP contribution in [0.5, 0.6) is 0 Å². The molecule has 0 aliphatic heterocycles. The molecule has 1 aliphatic carbocycles. The topological polar surface area (TPSA) is 54.9 Å². The monoisotopic (exact) mass is 485 g/mol. The average molecular weight is 486 g/mol. The minimum absolute atomic E-state index is 0.0242. The van der Waals surface area contributed by atoms with E-state index in [0.717, 1.165) is 42.5 Å². The van der Waals surface area contributed by atoms with E-state index < -0.39 is 0 Å². The van der Waals surface area contributed by atoms with Crippen molar-refractivity contribution in [3.8, 4) is 11.3 Å². The zero-order valence-corrected chi connectivity index (χ0v) is 21.8. The van der Waals surface area contributed by atoms with Gasteiger partial charge in [0.2, 0.25) is 5.91 Å². The summed E-state index contributed by atoms with van der Waals surface area (Å²) in [6.45, 7) is 9.16. The average Bonchev–Trinajstić information content (AvgIpc) is 2.84. The molecule has 0 radical (unpaired) electrons. The van der Waals surface area contributed by atoms with Crippen LogP contribution in [0.2, 0.25) is 0 Å². The molecular formula is C31H36FN3O. The van der Waals surface area contributed by atoms with E-state index in [-0.39, 0.29) is 23.6 Å². The Hall–Kier alpha value is -3.34. The van der Waals surface area contributed by atoms with Crippen LogP contribution >= 0.6 is 0 Å². The molecule has 188 valence electrons. The van der Waals surface area contributed by atoms with Crippen LogP contribution < -0.4 is 5.32 Å². The molecular weight excluding hydrogens is 449 g/mol. The standard InChI is InChI=1S/C31H36FN3O/c1-21-16-23(3)22(2)14-15-31(4,18-21)19-27-30(35-29(36)17-24-8-6-5-7-9-24)33-20-28(34-27)25-10-12-26(32)13-11-25/h5-13,20-21H,14-19H2,1-4H3,(H,33,35,36)/b23-22+. The molecule has 4 rings (SSSR count). The van der Waals surface area contributed by atoms with E-state index in [1.54, 1.807) is 18.3 Å². The fourth-order valence-corrected chi connectivity index (χ4v) is 5.35. The van der Waals surface area contributed by atoms with E-state index in [1.165, 1.54) is 23.3 Å². The maximum absolute atomic E-state index is 13.5. The Balaban J connectivity index is 1.64. The van der Waals surface area contributed by atoms with Gasteiger partial charge < -0.3 is 5.32 Å². The van der Waals surface area contributed by atoms with E-state index in [4.69, 9.17) is 4.98 Å². The Morgan fingerprint density at radius 3 is 2.53 bits per heavy atom. The molecule has 0 saturated heterocycles. The third kappa shape index (κ3) is 6.66. The van der Waals surface area contributed by atoms with Crippen molar-refractivity contribution in [3.63, 3.8) is 0 Å². The molecule has 4 nitrogen and oxygen atoms in total. The first-order valence-electron chi connectivity index (χ1n) is 12.8. The second kappa shape index (κ2) is 11.2. The van der Waals surface area contributed by atoms with Gasteiger partial charge >= 0.3 is 0 Å². The number of halogens is 1. The first-order valence-corrected chi connectivity index (χ1v) is 12.8. The van der Waals surface area contributed by atoms with Crippen LogP contribution in [0.3, 0.4) is 0 Å². The fourth-order valence-electron chi connectivity index (χ4n) is 5.35. The molecule has 2 unspecified atom stereocenters. The number of aromatic nitrogens is 2. The van der Waals surface area contributed by atoms with Crippen LogP contribution in [0.15, 0.2) is 71.9 Å². The van der Waals surface area contributed by atoms with Gasteiger partial charge in [-0.05, 0) is 87.1 Å². The van der Waals surface area contributed by atoms with Gasteiger partial charge in [0.05, 0.1) is 24.0 Å². The molecule has 5 heteroatoms. The minimum Gasteiger partial charge on any atom is -0.309 e. The van der Waals surface area contributed by atoms with Gasteiger partial charge in [0.1, 0.15) is 5.82 Å². The van der Waals surface area contributed by atoms with Crippen LogP contribution in [0.1, 0.15) is 64.6 Å². The van der Waals surface area contributed by atoms with Gasteiger partial charge in [0.15, 0.2) is 5.82 Å². The van der Waals surface area contributed by atoms with E-state index in [1.807, 2.05) is 30.3 Å². The van der Waals surface area contributed by atoms with Crippen molar-refractivity contribution in [1.82, 2.24) is 9.97 Å². The van der Waals surface area contributed by atoms with Gasteiger partial charge in [0, 0.05) is 5.56 Å². The maximum atomic E-state index is 13.5. The highest BCUT2D eigenvalue weighted by Gasteiger charge is 2.31. The van der Waals surface area contributed by atoms with Crippen molar-refractivity contribution in [2.45, 2.75) is 66.2 Å². The Kier molecular flexibility index (Phi) is 7.97. The van der Waals surface area contributed by atoms with Crippen molar-refractivity contribution in [2.24, 2.45) is 11.3 Å². The molecule has 0 fully saturated rings. The van der Waals surface area contributed by atoms with E-state index in [2.05, 4.69) is 38.0 Å². The molecule has 1 N–H and O–H groups in total. The van der Waals surface area contributed by atoms with Gasteiger partial charge in [0.25, 0.3) is 0 Å². The number of carbonyl (C=O) groups excluding carboxylic acids is 1. The van der Waals surface area contributed by atoms with Crippen LogP contribution in [-0.2, 0) is 17.6 Å². The summed E-state index contributed by atoms with van der Waals surface area (Å²) >= 11 is 0. The van der Waals surface area contributed by atoms with Crippen LogP contribution in [-0.4, -0.2) is 15.9 Å². The van der Waals surface area contributed by atoms with E-state index in [0.29, 0.717) is 23.9 Å². The first kappa shape index (κ1) is 25.7. The van der Waals surface area contributed by atoms with Crippen molar-refractivity contribution >= 4 is 11.7 Å². The zero-order valence-electron chi connectivity index (χ0n) is 21.8. The molecule has 1 amide bonds. The molecule has 0 bridgehead atoms. The summed E-state index contributed by atoms with van der Waals surface area (Å²) in [5.41, 5.74) is 6.24. The lowest BCUT2D eigenvalue weighted by Gasteiger charge is -2.35. The smallest absolute Gasteiger partial charge is 0.229 e. The molecule has 3 aromatic rings. The second-order valence-corrected chi connectivity index (χ2v) is 10.8.